The van der Waals surface area contributed by atoms with E-state index in [1.165, 1.54) is 0 Å². The van der Waals surface area contributed by atoms with Gasteiger partial charge in [-0.1, -0.05) is 32.0 Å². The first-order valence-corrected chi connectivity index (χ1v) is 12.1. The molecule has 0 N–H and O–H groups in total. The average molecular weight is 460 g/mol. The standard InChI is InChI=1S/C28H29NO3S/c1-4-29(5-2)18-19-32-23-16-10-20(11-17-23)27(30)26-24-8-6-7-9-25(24)33-28(26)21-12-14-22(31-3)15-13-21/h6-17H,4-5,18-19H2,1-3H3. The molecule has 0 aliphatic rings. The monoisotopic (exact) mass is 459 g/mol. The van der Waals surface area contributed by atoms with Crippen LogP contribution in [0.25, 0.3) is 20.5 Å². The SMILES string of the molecule is CCN(CC)CCOc1ccc(C(=O)c2c(-c3ccc(OC)cc3)sc3ccccc23)cc1. The number of ketones is 1. The Morgan fingerprint density at radius 3 is 2.21 bits per heavy atom. The fourth-order valence-electron chi connectivity index (χ4n) is 3.90. The lowest BCUT2D eigenvalue weighted by Gasteiger charge is -2.18. The molecule has 0 radical (unpaired) electrons. The first-order valence-electron chi connectivity index (χ1n) is 11.3. The Balaban J connectivity index is 1.61. The van der Waals surface area contributed by atoms with Crippen molar-refractivity contribution in [3.63, 3.8) is 0 Å². The molecule has 4 nitrogen and oxygen atoms in total. The fraction of sp³-hybridized carbons (Fsp3) is 0.250. The lowest BCUT2D eigenvalue weighted by Crippen LogP contribution is -2.27. The van der Waals surface area contributed by atoms with Crippen LogP contribution in [0, 0.1) is 0 Å². The summed E-state index contributed by atoms with van der Waals surface area (Å²) in [6.07, 6.45) is 0. The molecule has 0 saturated heterocycles. The molecule has 170 valence electrons. The summed E-state index contributed by atoms with van der Waals surface area (Å²) in [6.45, 7) is 7.85. The van der Waals surface area contributed by atoms with Crippen LogP contribution in [0.3, 0.4) is 0 Å². The molecule has 0 aliphatic carbocycles. The summed E-state index contributed by atoms with van der Waals surface area (Å²) in [7, 11) is 1.65. The maximum atomic E-state index is 13.7. The molecule has 5 heteroatoms. The molecule has 4 rings (SSSR count). The maximum Gasteiger partial charge on any atom is 0.195 e. The molecule has 0 fully saturated rings. The number of nitrogens with zero attached hydrogens (tertiary/aromatic N) is 1. The number of hydrogen-bond acceptors (Lipinski definition) is 5. The van der Waals surface area contributed by atoms with E-state index in [1.807, 2.05) is 66.7 Å². The predicted octanol–water partition coefficient (Wildman–Crippen LogP) is 6.53. The molecule has 0 aliphatic heterocycles. The number of carbonyl (C=O) groups is 1. The first kappa shape index (κ1) is 23.0. The summed E-state index contributed by atoms with van der Waals surface area (Å²) in [4.78, 5) is 17.0. The smallest absolute Gasteiger partial charge is 0.195 e. The van der Waals surface area contributed by atoms with Crippen molar-refractivity contribution in [3.8, 4) is 21.9 Å². The number of thiophene rings is 1. The van der Waals surface area contributed by atoms with Gasteiger partial charge >= 0.3 is 0 Å². The van der Waals surface area contributed by atoms with E-state index in [0.29, 0.717) is 12.2 Å². The Kier molecular flexibility index (Phi) is 7.43. The van der Waals surface area contributed by atoms with Gasteiger partial charge in [0.25, 0.3) is 0 Å². The van der Waals surface area contributed by atoms with E-state index < -0.39 is 0 Å². The molecule has 3 aromatic carbocycles. The fourth-order valence-corrected chi connectivity index (χ4v) is 5.10. The number of fused-ring (bicyclic) bond motifs is 1. The summed E-state index contributed by atoms with van der Waals surface area (Å²) in [5.41, 5.74) is 2.41. The zero-order chi connectivity index (χ0) is 23.2. The van der Waals surface area contributed by atoms with Crippen molar-refractivity contribution in [2.45, 2.75) is 13.8 Å². The topological polar surface area (TPSA) is 38.8 Å². The highest BCUT2D eigenvalue weighted by molar-refractivity contribution is 7.22. The lowest BCUT2D eigenvalue weighted by molar-refractivity contribution is 0.104. The Morgan fingerprint density at radius 2 is 1.55 bits per heavy atom. The number of methoxy groups -OCH3 is 1. The molecule has 0 saturated carbocycles. The van der Waals surface area contributed by atoms with Crippen molar-refractivity contribution in [3.05, 3.63) is 83.9 Å². The van der Waals surface area contributed by atoms with Gasteiger partial charge in [0.15, 0.2) is 5.78 Å². The van der Waals surface area contributed by atoms with Gasteiger partial charge in [0.2, 0.25) is 0 Å². The highest BCUT2D eigenvalue weighted by Gasteiger charge is 2.21. The Labute approximate surface area is 199 Å². The zero-order valence-electron chi connectivity index (χ0n) is 19.3. The highest BCUT2D eigenvalue weighted by Crippen LogP contribution is 2.40. The molecule has 0 unspecified atom stereocenters. The molecule has 4 aromatic rings. The maximum absolute atomic E-state index is 13.7. The van der Waals surface area contributed by atoms with Crippen LogP contribution in [-0.2, 0) is 0 Å². The normalized spacial score (nSPS) is 11.2. The van der Waals surface area contributed by atoms with Crippen molar-refractivity contribution in [2.24, 2.45) is 0 Å². The van der Waals surface area contributed by atoms with E-state index in [2.05, 4.69) is 24.8 Å². The number of ether oxygens (including phenoxy) is 2. The molecule has 33 heavy (non-hydrogen) atoms. The molecule has 0 bridgehead atoms. The lowest BCUT2D eigenvalue weighted by atomic mass is 9.97. The van der Waals surface area contributed by atoms with Crippen molar-refractivity contribution in [1.29, 1.82) is 0 Å². The molecule has 1 heterocycles. The van der Waals surface area contributed by atoms with E-state index >= 15 is 0 Å². The molecule has 0 spiro atoms. The summed E-state index contributed by atoms with van der Waals surface area (Å²) < 4.78 is 12.3. The van der Waals surface area contributed by atoms with Gasteiger partial charge in [0.05, 0.1) is 7.11 Å². The van der Waals surface area contributed by atoms with E-state index in [0.717, 1.165) is 57.2 Å². The van der Waals surface area contributed by atoms with E-state index in [-0.39, 0.29) is 5.78 Å². The molecule has 0 atom stereocenters. The molecule has 1 aromatic heterocycles. The number of likely N-dealkylation sites (N-methyl/N-ethyl adjacent to an activating group) is 1. The minimum atomic E-state index is 0.0213. The molecule has 0 amide bonds. The van der Waals surface area contributed by atoms with Crippen molar-refractivity contribution in [2.75, 3.05) is 33.4 Å². The number of rotatable bonds is 10. The summed E-state index contributed by atoms with van der Waals surface area (Å²) in [5.74, 6) is 1.60. The third-order valence-corrected chi connectivity index (χ3v) is 7.08. The van der Waals surface area contributed by atoms with Gasteiger partial charge in [0.1, 0.15) is 18.1 Å². The third-order valence-electron chi connectivity index (χ3n) is 5.86. The second-order valence-electron chi connectivity index (χ2n) is 7.76. The average Bonchev–Trinajstić information content (AvgIpc) is 3.26. The number of hydrogen-bond donors (Lipinski definition) is 0. The van der Waals surface area contributed by atoms with Gasteiger partial charge in [-0.2, -0.15) is 0 Å². The Bertz CT molecular complexity index is 1210. The van der Waals surface area contributed by atoms with Gasteiger partial charge in [-0.3, -0.25) is 4.79 Å². The summed E-state index contributed by atoms with van der Waals surface area (Å²) in [6, 6.07) is 23.4. The van der Waals surface area contributed by atoms with Gasteiger partial charge in [0, 0.05) is 32.6 Å². The van der Waals surface area contributed by atoms with Gasteiger partial charge in [-0.15, -0.1) is 11.3 Å². The minimum Gasteiger partial charge on any atom is -0.497 e. The summed E-state index contributed by atoms with van der Waals surface area (Å²) in [5, 5.41) is 0.984. The quantitative estimate of drug-likeness (QED) is 0.253. The van der Waals surface area contributed by atoms with Gasteiger partial charge in [-0.05, 0) is 73.3 Å². The molecular weight excluding hydrogens is 430 g/mol. The van der Waals surface area contributed by atoms with E-state index in [4.69, 9.17) is 9.47 Å². The van der Waals surface area contributed by atoms with Crippen LogP contribution in [0.5, 0.6) is 11.5 Å². The van der Waals surface area contributed by atoms with Crippen LogP contribution in [0.1, 0.15) is 29.8 Å². The number of benzene rings is 3. The third kappa shape index (κ3) is 5.10. The largest absolute Gasteiger partial charge is 0.497 e. The van der Waals surface area contributed by atoms with E-state index in [9.17, 15) is 4.79 Å². The molecular formula is C28H29NO3S. The predicted molar refractivity (Wildman–Crippen MR) is 137 cm³/mol. The Hall–Kier alpha value is -3.15. The zero-order valence-corrected chi connectivity index (χ0v) is 20.2. The van der Waals surface area contributed by atoms with Crippen LogP contribution >= 0.6 is 11.3 Å². The van der Waals surface area contributed by atoms with Gasteiger partial charge in [-0.25, -0.2) is 0 Å². The number of carbonyl (C=O) groups excluding carboxylic acids is 1. The van der Waals surface area contributed by atoms with Crippen molar-refractivity contribution < 1.29 is 14.3 Å². The Morgan fingerprint density at radius 1 is 0.879 bits per heavy atom. The first-order chi connectivity index (χ1) is 16.1. The van der Waals surface area contributed by atoms with E-state index in [1.54, 1.807) is 18.4 Å². The van der Waals surface area contributed by atoms with Crippen LogP contribution in [0.2, 0.25) is 0 Å². The summed E-state index contributed by atoms with van der Waals surface area (Å²) >= 11 is 1.64. The van der Waals surface area contributed by atoms with Crippen molar-refractivity contribution in [1.82, 2.24) is 4.90 Å². The van der Waals surface area contributed by atoms with Gasteiger partial charge < -0.3 is 14.4 Å². The second-order valence-corrected chi connectivity index (χ2v) is 8.81. The highest BCUT2D eigenvalue weighted by atomic mass is 32.1. The van der Waals surface area contributed by atoms with Crippen LogP contribution < -0.4 is 9.47 Å². The van der Waals surface area contributed by atoms with Crippen LogP contribution in [0.15, 0.2) is 72.8 Å². The van der Waals surface area contributed by atoms with Crippen LogP contribution in [0.4, 0.5) is 0 Å². The van der Waals surface area contributed by atoms with Crippen molar-refractivity contribution >= 4 is 27.2 Å². The van der Waals surface area contributed by atoms with Crippen LogP contribution in [-0.4, -0.2) is 44.0 Å². The second kappa shape index (κ2) is 10.6. The minimum absolute atomic E-state index is 0.0213.